The third-order valence-electron chi connectivity index (χ3n) is 6.13. The summed E-state index contributed by atoms with van der Waals surface area (Å²) in [6.07, 6.45) is 1.84. The van der Waals surface area contributed by atoms with Gasteiger partial charge < -0.3 is 10.1 Å². The molecule has 0 radical (unpaired) electrons. The molecule has 1 amide bonds. The van der Waals surface area contributed by atoms with Crippen LogP contribution in [0.4, 0.5) is 11.9 Å². The molecule has 0 aliphatic carbocycles. The molecule has 4 aromatic rings. The molecule has 0 unspecified atom stereocenters. The van der Waals surface area contributed by atoms with Crippen LogP contribution < -0.4 is 15.4 Å². The second kappa shape index (κ2) is 9.79. The fourth-order valence-electron chi connectivity index (χ4n) is 4.33. The van der Waals surface area contributed by atoms with E-state index in [1.54, 1.807) is 7.11 Å². The third kappa shape index (κ3) is 4.78. The summed E-state index contributed by atoms with van der Waals surface area (Å²) in [6.45, 7) is 0. The van der Waals surface area contributed by atoms with Crippen LogP contribution in [0.3, 0.4) is 0 Å². The van der Waals surface area contributed by atoms with E-state index in [0.29, 0.717) is 24.7 Å². The highest BCUT2D eigenvalue weighted by atomic mass is 16.5. The standard InChI is InChI=1S/C27H27N5O2/c1-34-22-15-13-20(14-16-22)23-18-24(21-10-6-3-7-11-21)32-27(28-23)30-26(31-32)29-25(33)17-12-19-8-4-2-5-9-19/h2-11,13-16,23-24H,12,17-18H2,1H3,(H2,28,29,30,31,33)/t23-,24-/m0/s1. The number of carbonyl (C=O) groups excluding carboxylic acids is 1. The summed E-state index contributed by atoms with van der Waals surface area (Å²) >= 11 is 0. The summed E-state index contributed by atoms with van der Waals surface area (Å²) in [4.78, 5) is 17.2. The highest BCUT2D eigenvalue weighted by Crippen LogP contribution is 2.38. The molecule has 2 heterocycles. The molecule has 34 heavy (non-hydrogen) atoms. The Bertz CT molecular complexity index is 1240. The van der Waals surface area contributed by atoms with E-state index in [1.807, 2.05) is 65.3 Å². The van der Waals surface area contributed by atoms with Gasteiger partial charge in [-0.1, -0.05) is 72.8 Å². The van der Waals surface area contributed by atoms with Gasteiger partial charge in [-0.2, -0.15) is 4.98 Å². The van der Waals surface area contributed by atoms with E-state index in [9.17, 15) is 4.79 Å². The lowest BCUT2D eigenvalue weighted by Gasteiger charge is -2.31. The normalized spacial score (nSPS) is 16.9. The molecule has 0 bridgehead atoms. The number of ether oxygens (including phenoxy) is 1. The minimum atomic E-state index is -0.102. The number of benzene rings is 3. The number of methoxy groups -OCH3 is 1. The van der Waals surface area contributed by atoms with Gasteiger partial charge in [0.05, 0.1) is 19.2 Å². The van der Waals surface area contributed by atoms with Crippen molar-refractivity contribution in [3.05, 3.63) is 102 Å². The zero-order chi connectivity index (χ0) is 23.3. The molecule has 7 heteroatoms. The Labute approximate surface area is 198 Å². The zero-order valence-electron chi connectivity index (χ0n) is 19.0. The van der Waals surface area contributed by atoms with Crippen molar-refractivity contribution >= 4 is 17.8 Å². The fourth-order valence-corrected chi connectivity index (χ4v) is 4.33. The molecule has 0 saturated heterocycles. The second-order valence-electron chi connectivity index (χ2n) is 8.37. The number of aromatic nitrogens is 3. The van der Waals surface area contributed by atoms with Crippen molar-refractivity contribution < 1.29 is 9.53 Å². The second-order valence-corrected chi connectivity index (χ2v) is 8.37. The van der Waals surface area contributed by atoms with E-state index in [-0.39, 0.29) is 18.0 Å². The molecule has 2 N–H and O–H groups in total. The maximum absolute atomic E-state index is 12.6. The fraction of sp³-hybridized carbons (Fsp3) is 0.222. The minimum Gasteiger partial charge on any atom is -0.497 e. The van der Waals surface area contributed by atoms with Gasteiger partial charge in [0.2, 0.25) is 11.9 Å². The molecule has 1 aromatic heterocycles. The van der Waals surface area contributed by atoms with E-state index >= 15 is 0 Å². The van der Waals surface area contributed by atoms with Crippen LogP contribution in [0.2, 0.25) is 0 Å². The van der Waals surface area contributed by atoms with Crippen molar-refractivity contribution in [3.63, 3.8) is 0 Å². The van der Waals surface area contributed by atoms with E-state index in [2.05, 4.69) is 45.0 Å². The summed E-state index contributed by atoms with van der Waals surface area (Å²) in [7, 11) is 1.66. The number of carbonyl (C=O) groups is 1. The highest BCUT2D eigenvalue weighted by molar-refractivity contribution is 5.89. The number of nitrogens with one attached hydrogen (secondary N) is 2. The average molecular weight is 454 g/mol. The molecule has 1 aliphatic rings. The van der Waals surface area contributed by atoms with Crippen molar-refractivity contribution in [1.82, 2.24) is 14.8 Å². The van der Waals surface area contributed by atoms with Crippen molar-refractivity contribution in [2.75, 3.05) is 17.7 Å². The van der Waals surface area contributed by atoms with Gasteiger partial charge in [-0.15, -0.1) is 5.10 Å². The molecule has 1 aliphatic heterocycles. The van der Waals surface area contributed by atoms with Gasteiger partial charge in [-0.25, -0.2) is 4.68 Å². The summed E-state index contributed by atoms with van der Waals surface area (Å²) in [6, 6.07) is 28.3. The zero-order valence-corrected chi connectivity index (χ0v) is 19.0. The van der Waals surface area contributed by atoms with Crippen molar-refractivity contribution in [2.45, 2.75) is 31.3 Å². The topological polar surface area (TPSA) is 81.1 Å². The lowest BCUT2D eigenvalue weighted by molar-refractivity contribution is -0.116. The van der Waals surface area contributed by atoms with Gasteiger partial charge in [-0.3, -0.25) is 10.1 Å². The summed E-state index contributed by atoms with van der Waals surface area (Å²) in [5, 5.41) is 11.0. The highest BCUT2D eigenvalue weighted by Gasteiger charge is 2.31. The third-order valence-corrected chi connectivity index (χ3v) is 6.13. The maximum atomic E-state index is 12.6. The van der Waals surface area contributed by atoms with E-state index in [0.717, 1.165) is 28.9 Å². The van der Waals surface area contributed by atoms with Crippen LogP contribution in [-0.2, 0) is 11.2 Å². The van der Waals surface area contributed by atoms with Gasteiger partial charge in [0, 0.05) is 6.42 Å². The van der Waals surface area contributed by atoms with Gasteiger partial charge in [0.25, 0.3) is 5.95 Å². The number of hydrogen-bond donors (Lipinski definition) is 2. The quantitative estimate of drug-likeness (QED) is 0.411. The number of rotatable bonds is 7. The summed E-state index contributed by atoms with van der Waals surface area (Å²) < 4.78 is 7.18. The van der Waals surface area contributed by atoms with Crippen molar-refractivity contribution in [3.8, 4) is 5.75 Å². The molecule has 2 atom stereocenters. The number of nitrogens with zero attached hydrogens (tertiary/aromatic N) is 3. The van der Waals surface area contributed by atoms with Crippen LogP contribution in [0, 0.1) is 0 Å². The lowest BCUT2D eigenvalue weighted by Crippen LogP contribution is -2.28. The van der Waals surface area contributed by atoms with Gasteiger partial charge >= 0.3 is 0 Å². The molecule has 7 nitrogen and oxygen atoms in total. The van der Waals surface area contributed by atoms with E-state index in [1.165, 1.54) is 0 Å². The monoisotopic (exact) mass is 453 g/mol. The molecule has 0 fully saturated rings. The molecular formula is C27H27N5O2. The van der Waals surface area contributed by atoms with Crippen LogP contribution in [0.25, 0.3) is 0 Å². The lowest BCUT2D eigenvalue weighted by atomic mass is 9.93. The Morgan fingerprint density at radius 1 is 1.00 bits per heavy atom. The Kier molecular flexibility index (Phi) is 6.25. The molecule has 172 valence electrons. The summed E-state index contributed by atoms with van der Waals surface area (Å²) in [5.74, 6) is 1.67. The predicted molar refractivity (Wildman–Crippen MR) is 132 cm³/mol. The van der Waals surface area contributed by atoms with Gasteiger partial charge in [0.15, 0.2) is 0 Å². The first-order valence-corrected chi connectivity index (χ1v) is 11.5. The first-order valence-electron chi connectivity index (χ1n) is 11.5. The molecule has 0 saturated carbocycles. The predicted octanol–water partition coefficient (Wildman–Crippen LogP) is 5.00. The molecular weight excluding hydrogens is 426 g/mol. The summed E-state index contributed by atoms with van der Waals surface area (Å²) in [5.41, 5.74) is 3.42. The Balaban J connectivity index is 1.37. The van der Waals surface area contributed by atoms with Crippen LogP contribution in [0.5, 0.6) is 5.75 Å². The smallest absolute Gasteiger partial charge is 0.250 e. The van der Waals surface area contributed by atoms with Crippen LogP contribution in [0.1, 0.15) is 41.6 Å². The number of amides is 1. The first kappa shape index (κ1) is 21.7. The maximum Gasteiger partial charge on any atom is 0.250 e. The number of fused-ring (bicyclic) bond motifs is 1. The van der Waals surface area contributed by atoms with Crippen LogP contribution in [-0.4, -0.2) is 27.8 Å². The largest absolute Gasteiger partial charge is 0.497 e. The minimum absolute atomic E-state index is 0.00739. The number of aryl methyl sites for hydroxylation is 1. The first-order chi connectivity index (χ1) is 16.7. The number of hydrogen-bond acceptors (Lipinski definition) is 5. The van der Waals surface area contributed by atoms with E-state index in [4.69, 9.17) is 4.74 Å². The molecule has 0 spiro atoms. The van der Waals surface area contributed by atoms with Crippen molar-refractivity contribution in [2.24, 2.45) is 0 Å². The van der Waals surface area contributed by atoms with Crippen LogP contribution >= 0.6 is 0 Å². The molecule has 3 aromatic carbocycles. The Morgan fingerprint density at radius 3 is 2.41 bits per heavy atom. The number of anilines is 2. The van der Waals surface area contributed by atoms with Gasteiger partial charge in [-0.05, 0) is 41.7 Å². The van der Waals surface area contributed by atoms with Crippen molar-refractivity contribution in [1.29, 1.82) is 0 Å². The Morgan fingerprint density at radius 2 is 1.71 bits per heavy atom. The Hall–Kier alpha value is -4.13. The average Bonchev–Trinajstić information content (AvgIpc) is 3.30. The van der Waals surface area contributed by atoms with Gasteiger partial charge in [0.1, 0.15) is 5.75 Å². The molecule has 5 rings (SSSR count). The SMILES string of the molecule is COc1ccc([C@@H]2C[C@@H](c3ccccc3)n3nc(NC(=O)CCc4ccccc4)nc3N2)cc1. The van der Waals surface area contributed by atoms with Crippen LogP contribution in [0.15, 0.2) is 84.9 Å². The van der Waals surface area contributed by atoms with E-state index < -0.39 is 0 Å².